The first-order valence-electron chi connectivity index (χ1n) is 37.8. The molecule has 0 saturated carbocycles. The van der Waals surface area contributed by atoms with Gasteiger partial charge in [0.05, 0.1) is 38.6 Å². The maximum atomic E-state index is 6.80. The lowest BCUT2D eigenvalue weighted by Gasteiger charge is -2.12. The molecule has 0 amide bonds. The summed E-state index contributed by atoms with van der Waals surface area (Å²) in [5, 5.41) is 10.3. The fourth-order valence-electron chi connectivity index (χ4n) is 16.0. The van der Waals surface area contributed by atoms with Gasteiger partial charge in [-0.3, -0.25) is 0 Å². The molecule has 0 aliphatic carbocycles. The highest BCUT2D eigenvalue weighted by molar-refractivity contribution is 6.24. The van der Waals surface area contributed by atoms with Crippen molar-refractivity contribution in [3.05, 3.63) is 364 Å². The third-order valence-electron chi connectivity index (χ3n) is 21.5. The molecular formula is C102H60N8O4. The van der Waals surface area contributed by atoms with Gasteiger partial charge in [0.1, 0.15) is 44.7 Å². The second-order valence-electron chi connectivity index (χ2n) is 28.3. The molecule has 0 aliphatic heterocycles. The highest BCUT2D eigenvalue weighted by Crippen LogP contribution is 2.47. The average Bonchev–Trinajstić information content (AvgIpc) is 1.49. The third-order valence-corrected chi connectivity index (χ3v) is 21.5. The van der Waals surface area contributed by atoms with Gasteiger partial charge in [-0.1, -0.05) is 315 Å². The fraction of sp³-hybridized carbons (Fsp3) is 0. The monoisotopic (exact) mass is 1460 g/mol. The summed E-state index contributed by atoms with van der Waals surface area (Å²) < 4.78 is 26.3. The second kappa shape index (κ2) is 27.2. The fourth-order valence-corrected chi connectivity index (χ4v) is 16.0. The van der Waals surface area contributed by atoms with Gasteiger partial charge in [0.2, 0.25) is 0 Å². The van der Waals surface area contributed by atoms with E-state index in [0.717, 1.165) is 199 Å². The molecule has 12 nitrogen and oxygen atoms in total. The molecule has 23 aromatic rings. The van der Waals surface area contributed by atoms with Crippen molar-refractivity contribution in [3.63, 3.8) is 0 Å². The first kappa shape index (κ1) is 65.4. The predicted molar refractivity (Wildman–Crippen MR) is 459 cm³/mol. The second-order valence-corrected chi connectivity index (χ2v) is 28.3. The van der Waals surface area contributed by atoms with Gasteiger partial charge in [-0.2, -0.15) is 0 Å². The van der Waals surface area contributed by atoms with Gasteiger partial charge in [0, 0.05) is 93.3 Å². The van der Waals surface area contributed by atoms with Gasteiger partial charge in [0.25, 0.3) is 0 Å². The first-order chi connectivity index (χ1) is 56.5. The minimum absolute atomic E-state index is 0.583. The van der Waals surface area contributed by atoms with Crippen molar-refractivity contribution in [3.8, 4) is 124 Å². The Labute approximate surface area is 651 Å². The Morgan fingerprint density at radius 2 is 0.500 bits per heavy atom. The van der Waals surface area contributed by atoms with Crippen molar-refractivity contribution >= 4 is 110 Å². The molecule has 0 unspecified atom stereocenters. The molecule has 0 spiro atoms. The number of aromatic nitrogens is 8. The molecule has 15 aromatic carbocycles. The zero-order valence-electron chi connectivity index (χ0n) is 60.9. The van der Waals surface area contributed by atoms with E-state index < -0.39 is 0 Å². The van der Waals surface area contributed by atoms with Gasteiger partial charge in [-0.15, -0.1) is 0 Å². The first-order valence-corrected chi connectivity index (χ1v) is 37.8. The predicted octanol–water partition coefficient (Wildman–Crippen LogP) is 26.8. The summed E-state index contributed by atoms with van der Waals surface area (Å²) in [5.74, 6) is 3.66. The molecule has 12 heteroatoms. The van der Waals surface area contributed by atoms with Crippen molar-refractivity contribution in [2.75, 3.05) is 0 Å². The molecule has 0 bridgehead atoms. The quantitative estimate of drug-likeness (QED) is 0.121. The van der Waals surface area contributed by atoms with Gasteiger partial charge in [-0.05, 0) is 70.8 Å². The van der Waals surface area contributed by atoms with Crippen LogP contribution in [0.5, 0.6) is 0 Å². The number of hydrogen-bond donors (Lipinski definition) is 0. The average molecular weight is 1460 g/mol. The Kier molecular flexibility index (Phi) is 15.6. The Morgan fingerprint density at radius 1 is 0.158 bits per heavy atom. The van der Waals surface area contributed by atoms with E-state index in [0.29, 0.717) is 34.9 Å². The lowest BCUT2D eigenvalue weighted by Crippen LogP contribution is -2.00. The number of hydrogen-bond acceptors (Lipinski definition) is 12. The number of nitrogens with zero attached hydrogens (tertiary/aromatic N) is 8. The van der Waals surface area contributed by atoms with Crippen LogP contribution in [0.4, 0.5) is 0 Å². The van der Waals surface area contributed by atoms with Crippen molar-refractivity contribution < 1.29 is 17.7 Å². The van der Waals surface area contributed by atoms with E-state index in [4.69, 9.17) is 57.5 Å². The van der Waals surface area contributed by atoms with Crippen LogP contribution in [0.3, 0.4) is 0 Å². The summed E-state index contributed by atoms with van der Waals surface area (Å²) in [4.78, 5) is 40.5. The van der Waals surface area contributed by atoms with E-state index in [1.807, 2.05) is 200 Å². The minimum atomic E-state index is 0.583. The molecular weight excluding hydrogens is 1400 g/mol. The van der Waals surface area contributed by atoms with E-state index in [9.17, 15) is 0 Å². The molecule has 0 aliphatic rings. The number of furan rings is 4. The number of benzene rings is 15. The maximum absolute atomic E-state index is 6.80. The van der Waals surface area contributed by atoms with Gasteiger partial charge in [0.15, 0.2) is 34.9 Å². The summed E-state index contributed by atoms with van der Waals surface area (Å²) in [5.41, 5.74) is 23.7. The number of fused-ring (bicyclic) bond motifs is 16. The van der Waals surface area contributed by atoms with Crippen LogP contribution in [0.2, 0.25) is 0 Å². The van der Waals surface area contributed by atoms with Crippen LogP contribution in [0.15, 0.2) is 382 Å². The van der Waals surface area contributed by atoms with Crippen molar-refractivity contribution in [1.82, 2.24) is 39.9 Å². The summed E-state index contributed by atoms with van der Waals surface area (Å²) in [6.45, 7) is 0. The Bertz CT molecular complexity index is 7600. The molecule has 0 N–H and O–H groups in total. The largest absolute Gasteiger partial charge is 0.455 e. The third kappa shape index (κ3) is 11.4. The Hall–Kier alpha value is -15.7. The van der Waals surface area contributed by atoms with Crippen molar-refractivity contribution in [2.24, 2.45) is 0 Å². The van der Waals surface area contributed by atoms with Crippen LogP contribution in [-0.2, 0) is 0 Å². The standard InChI is InChI=1S/C54H32N4O2.C48H28N4O2/c1-3-12-36(13-4-1)52-56-53(37-14-5-2-6-15-37)58-54(57-52)38-28-26-35(27-29-38)49-48-44-17-8-10-21-47(44)60-51(48)43-31-30-39(32-45(43)55-49)33-22-24-34(25-23-33)40-18-11-19-42-41-16-7-9-20-46(41)59-50(40)42;1-3-14-29(15-4-1)46-50-47(30-16-5-2-6-17-30)52-48(51-46)32-19-11-18-31(28-32)43-42-37-21-8-10-27-40(37)54-45(42)41-34(22-13-25-38(41)49-43)36-24-12-23-35-33-20-7-9-26-39(33)53-44(35)36/h1-32H;1-28H. The van der Waals surface area contributed by atoms with Crippen LogP contribution >= 0.6 is 0 Å². The van der Waals surface area contributed by atoms with E-state index in [1.165, 1.54) is 0 Å². The molecule has 23 rings (SSSR count). The zero-order chi connectivity index (χ0) is 75.2. The Morgan fingerprint density at radius 3 is 1.04 bits per heavy atom. The highest BCUT2D eigenvalue weighted by atomic mass is 16.3. The SMILES string of the molecule is c1ccc(-c2nc(-c3ccccc3)nc(-c3ccc(-c4nc5cc(-c6ccc(-c7cccc8c7oc7ccccc78)cc6)ccc5c5oc6ccccc6c45)cc3)n2)cc1.c1ccc(-c2nc(-c3ccccc3)nc(-c3cccc(-c4nc5cccc(-c6cccc7c6oc6ccccc67)c5c5oc6ccccc6c45)c3)n2)cc1. The van der Waals surface area contributed by atoms with Crippen molar-refractivity contribution in [1.29, 1.82) is 0 Å². The minimum Gasteiger partial charge on any atom is -0.455 e. The Balaban J connectivity index is 0.000000140. The van der Waals surface area contributed by atoms with Crippen LogP contribution < -0.4 is 0 Å². The summed E-state index contributed by atoms with van der Waals surface area (Å²) in [6, 6.07) is 124. The van der Waals surface area contributed by atoms with Gasteiger partial charge in [-0.25, -0.2) is 39.9 Å². The maximum Gasteiger partial charge on any atom is 0.164 e. The molecule has 8 heterocycles. The van der Waals surface area contributed by atoms with E-state index in [2.05, 4.69) is 164 Å². The van der Waals surface area contributed by atoms with E-state index in [-0.39, 0.29) is 0 Å². The number of rotatable bonds is 11. The number of pyridine rings is 2. The molecule has 0 fully saturated rings. The molecule has 0 atom stereocenters. The van der Waals surface area contributed by atoms with E-state index in [1.54, 1.807) is 0 Å². The van der Waals surface area contributed by atoms with Gasteiger partial charge >= 0.3 is 0 Å². The van der Waals surface area contributed by atoms with Crippen LogP contribution in [0.1, 0.15) is 0 Å². The van der Waals surface area contributed by atoms with Crippen LogP contribution in [0.25, 0.3) is 234 Å². The molecule has 0 radical (unpaired) electrons. The summed E-state index contributed by atoms with van der Waals surface area (Å²) in [6.07, 6.45) is 0. The normalized spacial score (nSPS) is 11.7. The summed E-state index contributed by atoms with van der Waals surface area (Å²) in [7, 11) is 0. The van der Waals surface area contributed by atoms with Crippen LogP contribution in [-0.4, -0.2) is 39.9 Å². The van der Waals surface area contributed by atoms with Gasteiger partial charge < -0.3 is 17.7 Å². The molecule has 8 aromatic heterocycles. The van der Waals surface area contributed by atoms with Crippen molar-refractivity contribution in [2.45, 2.75) is 0 Å². The summed E-state index contributed by atoms with van der Waals surface area (Å²) >= 11 is 0. The topological polar surface area (TPSA) is 156 Å². The lowest BCUT2D eigenvalue weighted by molar-refractivity contribution is 0.669. The molecule has 0 saturated heterocycles. The lowest BCUT2D eigenvalue weighted by atomic mass is 9.95. The highest BCUT2D eigenvalue weighted by Gasteiger charge is 2.25. The van der Waals surface area contributed by atoms with Crippen LogP contribution in [0, 0.1) is 0 Å². The van der Waals surface area contributed by atoms with E-state index >= 15 is 0 Å². The number of para-hydroxylation sites is 6. The molecule has 114 heavy (non-hydrogen) atoms. The smallest absolute Gasteiger partial charge is 0.164 e. The zero-order valence-corrected chi connectivity index (χ0v) is 60.9. The molecule has 532 valence electrons.